The molecule has 3 nitrogen and oxygen atoms in total. The number of aromatic nitrogens is 1. The zero-order valence-electron chi connectivity index (χ0n) is 13.1. The smallest absolute Gasteiger partial charge is 0.252 e. The summed E-state index contributed by atoms with van der Waals surface area (Å²) in [5.74, 6) is -0.0356. The predicted molar refractivity (Wildman–Crippen MR) is 97.8 cm³/mol. The average molecular weight is 371 g/mol. The van der Waals surface area contributed by atoms with E-state index in [0.717, 1.165) is 17.4 Å². The Morgan fingerprint density at radius 1 is 1.13 bits per heavy atom. The summed E-state index contributed by atoms with van der Waals surface area (Å²) in [6.07, 6.45) is 0.899. The lowest BCUT2D eigenvalue weighted by Gasteiger charge is -2.10. The molecule has 2 aromatic carbocycles. The number of aryl methyl sites for hydroxylation is 2. The highest BCUT2D eigenvalue weighted by Crippen LogP contribution is 2.19. The Labute approximate surface area is 144 Å². The highest BCUT2D eigenvalue weighted by Gasteiger charge is 2.09. The van der Waals surface area contributed by atoms with Crippen molar-refractivity contribution in [3.05, 3.63) is 70.3 Å². The van der Waals surface area contributed by atoms with E-state index in [9.17, 15) is 4.79 Å². The first-order chi connectivity index (χ1) is 11.2. The predicted octanol–water partition coefficient (Wildman–Crippen LogP) is 4.53. The maximum Gasteiger partial charge on any atom is 0.252 e. The normalized spacial score (nSPS) is 10.9. The Bertz CT molecular complexity index is 838. The summed E-state index contributed by atoms with van der Waals surface area (Å²) in [4.78, 5) is 12.2. The number of rotatable bonds is 5. The Hall–Kier alpha value is -2.07. The van der Waals surface area contributed by atoms with E-state index >= 15 is 0 Å². The second kappa shape index (κ2) is 7.01. The number of halogens is 1. The van der Waals surface area contributed by atoms with Crippen molar-refractivity contribution in [3.63, 3.8) is 0 Å². The van der Waals surface area contributed by atoms with E-state index in [1.807, 2.05) is 24.3 Å². The van der Waals surface area contributed by atoms with E-state index in [1.54, 1.807) is 0 Å². The van der Waals surface area contributed by atoms with E-state index < -0.39 is 0 Å². The highest BCUT2D eigenvalue weighted by molar-refractivity contribution is 9.10. The average Bonchev–Trinajstić information content (AvgIpc) is 2.87. The van der Waals surface area contributed by atoms with Gasteiger partial charge in [0.2, 0.25) is 0 Å². The third-order valence-electron chi connectivity index (χ3n) is 3.98. The molecule has 0 unspecified atom stereocenters. The van der Waals surface area contributed by atoms with Crippen molar-refractivity contribution in [2.45, 2.75) is 19.9 Å². The minimum atomic E-state index is -0.0356. The highest BCUT2D eigenvalue weighted by atomic mass is 79.9. The van der Waals surface area contributed by atoms with Crippen LogP contribution in [0.25, 0.3) is 10.9 Å². The van der Waals surface area contributed by atoms with Crippen molar-refractivity contribution in [1.82, 2.24) is 9.88 Å². The number of carbonyl (C=O) groups excluding carboxylic acids is 1. The zero-order chi connectivity index (χ0) is 16.2. The number of amides is 1. The van der Waals surface area contributed by atoms with E-state index in [-0.39, 0.29) is 5.91 Å². The molecule has 3 rings (SSSR count). The molecular formula is C19H19BrN2O. The van der Waals surface area contributed by atoms with Crippen LogP contribution in [0.3, 0.4) is 0 Å². The van der Waals surface area contributed by atoms with Gasteiger partial charge in [-0.1, -0.05) is 30.3 Å². The molecule has 1 aromatic heterocycles. The lowest BCUT2D eigenvalue weighted by Crippen LogP contribution is -2.25. The summed E-state index contributed by atoms with van der Waals surface area (Å²) in [7, 11) is 0. The Kier molecular flexibility index (Phi) is 4.82. The maximum absolute atomic E-state index is 12.2. The fraction of sp³-hybridized carbons (Fsp3) is 0.211. The third-order valence-corrected chi connectivity index (χ3v) is 4.67. The second-order valence-electron chi connectivity index (χ2n) is 5.59. The van der Waals surface area contributed by atoms with Crippen molar-refractivity contribution in [1.29, 1.82) is 0 Å². The summed E-state index contributed by atoms with van der Waals surface area (Å²) in [5, 5.41) is 4.25. The molecule has 1 heterocycles. The quantitative estimate of drug-likeness (QED) is 0.657. The van der Waals surface area contributed by atoms with Crippen LogP contribution in [0, 0.1) is 6.92 Å². The largest absolute Gasteiger partial charge is 0.352 e. The number of nitrogens with one attached hydrogen (secondary N) is 1. The molecule has 0 spiro atoms. The molecule has 0 aliphatic heterocycles. The molecule has 1 amide bonds. The molecule has 0 radical (unpaired) electrons. The molecular weight excluding hydrogens is 352 g/mol. The van der Waals surface area contributed by atoms with Gasteiger partial charge in [0.25, 0.3) is 5.91 Å². The van der Waals surface area contributed by atoms with Crippen LogP contribution in [-0.2, 0) is 6.54 Å². The zero-order valence-corrected chi connectivity index (χ0v) is 14.6. The Morgan fingerprint density at radius 3 is 2.70 bits per heavy atom. The van der Waals surface area contributed by atoms with E-state index in [1.165, 1.54) is 16.6 Å². The molecule has 0 fully saturated rings. The van der Waals surface area contributed by atoms with Gasteiger partial charge in [-0.05, 0) is 58.9 Å². The summed E-state index contributed by atoms with van der Waals surface area (Å²) in [6.45, 7) is 3.68. The fourth-order valence-electron chi connectivity index (χ4n) is 2.82. The minimum absolute atomic E-state index is 0.0356. The van der Waals surface area contributed by atoms with Crippen LogP contribution in [0.2, 0.25) is 0 Å². The van der Waals surface area contributed by atoms with E-state index in [0.29, 0.717) is 12.1 Å². The first kappa shape index (κ1) is 15.8. The van der Waals surface area contributed by atoms with Gasteiger partial charge >= 0.3 is 0 Å². The lowest BCUT2D eigenvalue weighted by molar-refractivity contribution is 0.0952. The number of para-hydroxylation sites is 1. The minimum Gasteiger partial charge on any atom is -0.352 e. The molecule has 0 saturated carbocycles. The first-order valence-corrected chi connectivity index (χ1v) is 8.54. The van der Waals surface area contributed by atoms with Gasteiger partial charge in [0.05, 0.1) is 5.56 Å². The van der Waals surface area contributed by atoms with Crippen LogP contribution in [0.4, 0.5) is 0 Å². The number of fused-ring (bicyclic) bond motifs is 1. The summed E-state index contributed by atoms with van der Waals surface area (Å²) in [5.41, 5.74) is 3.18. The topological polar surface area (TPSA) is 34.0 Å². The number of nitrogens with zero attached hydrogens (tertiary/aromatic N) is 1. The van der Waals surface area contributed by atoms with E-state index in [4.69, 9.17) is 0 Å². The van der Waals surface area contributed by atoms with Crippen molar-refractivity contribution in [2.75, 3.05) is 6.54 Å². The molecule has 0 atom stereocenters. The van der Waals surface area contributed by atoms with Crippen LogP contribution in [0.1, 0.15) is 22.5 Å². The first-order valence-electron chi connectivity index (χ1n) is 7.74. The summed E-state index contributed by atoms with van der Waals surface area (Å²) >= 11 is 3.41. The van der Waals surface area contributed by atoms with Gasteiger partial charge in [0, 0.05) is 28.8 Å². The molecule has 0 aliphatic carbocycles. The maximum atomic E-state index is 12.2. The molecule has 1 N–H and O–H groups in total. The van der Waals surface area contributed by atoms with Crippen LogP contribution < -0.4 is 5.32 Å². The van der Waals surface area contributed by atoms with Gasteiger partial charge in [-0.15, -0.1) is 0 Å². The second-order valence-corrected chi connectivity index (χ2v) is 6.44. The third kappa shape index (κ3) is 3.48. The standard InChI is InChI=1S/C19H19BrN2O/c1-14-13-15-7-2-5-10-18(15)22(14)12-6-11-21-19(23)16-8-3-4-9-17(16)20/h2-5,7-10,13H,6,11-12H2,1H3,(H,21,23). The molecule has 23 heavy (non-hydrogen) atoms. The van der Waals surface area contributed by atoms with Gasteiger partial charge < -0.3 is 9.88 Å². The van der Waals surface area contributed by atoms with Gasteiger partial charge in [0.1, 0.15) is 0 Å². The van der Waals surface area contributed by atoms with Crippen LogP contribution in [0.5, 0.6) is 0 Å². The SMILES string of the molecule is Cc1cc2ccccc2n1CCCNC(=O)c1ccccc1Br. The fourth-order valence-corrected chi connectivity index (χ4v) is 3.29. The summed E-state index contributed by atoms with van der Waals surface area (Å²) in [6, 6.07) is 18.1. The van der Waals surface area contributed by atoms with Gasteiger partial charge in [-0.3, -0.25) is 4.79 Å². The molecule has 0 aliphatic rings. The van der Waals surface area contributed by atoms with Crippen molar-refractivity contribution < 1.29 is 4.79 Å². The summed E-state index contributed by atoms with van der Waals surface area (Å²) < 4.78 is 3.13. The number of hydrogen-bond acceptors (Lipinski definition) is 1. The lowest BCUT2D eigenvalue weighted by atomic mass is 10.2. The van der Waals surface area contributed by atoms with Crippen molar-refractivity contribution in [3.8, 4) is 0 Å². The number of carbonyl (C=O) groups is 1. The Balaban J connectivity index is 1.58. The van der Waals surface area contributed by atoms with Crippen LogP contribution >= 0.6 is 15.9 Å². The molecule has 0 saturated heterocycles. The van der Waals surface area contributed by atoms with Crippen molar-refractivity contribution in [2.24, 2.45) is 0 Å². The van der Waals surface area contributed by atoms with Crippen LogP contribution in [-0.4, -0.2) is 17.0 Å². The van der Waals surface area contributed by atoms with Gasteiger partial charge in [-0.2, -0.15) is 0 Å². The monoisotopic (exact) mass is 370 g/mol. The number of hydrogen-bond donors (Lipinski definition) is 1. The molecule has 3 aromatic rings. The molecule has 118 valence electrons. The van der Waals surface area contributed by atoms with Gasteiger partial charge in [0.15, 0.2) is 0 Å². The Morgan fingerprint density at radius 2 is 1.87 bits per heavy atom. The molecule has 4 heteroatoms. The van der Waals surface area contributed by atoms with E-state index in [2.05, 4.69) is 63.1 Å². The molecule has 0 bridgehead atoms. The van der Waals surface area contributed by atoms with Crippen LogP contribution in [0.15, 0.2) is 59.1 Å². The van der Waals surface area contributed by atoms with Gasteiger partial charge in [-0.25, -0.2) is 0 Å². The van der Waals surface area contributed by atoms with Crippen molar-refractivity contribution >= 4 is 32.7 Å². The number of benzene rings is 2.